The van der Waals surface area contributed by atoms with Crippen LogP contribution in [0, 0.1) is 11.6 Å². The molecular weight excluding hydrogens is 328 g/mol. The van der Waals surface area contributed by atoms with Crippen LogP contribution in [0.4, 0.5) is 8.78 Å². The number of halogens is 2. The SMILES string of the molecule is O[C@@H]1C[C@@H](c2ccc(F)c(F)c2)N(Cc2ccc(-c3ccn[nH]3)o2)C1. The van der Waals surface area contributed by atoms with Gasteiger partial charge in [-0.1, -0.05) is 6.07 Å². The molecule has 2 atom stereocenters. The van der Waals surface area contributed by atoms with Crippen LogP contribution in [0.2, 0.25) is 0 Å². The van der Waals surface area contributed by atoms with Gasteiger partial charge in [0.25, 0.3) is 0 Å². The van der Waals surface area contributed by atoms with Crippen LogP contribution in [-0.2, 0) is 6.54 Å². The lowest BCUT2D eigenvalue weighted by atomic mass is 10.0. The number of aromatic nitrogens is 2. The maximum atomic E-state index is 13.6. The fourth-order valence-electron chi connectivity index (χ4n) is 3.32. The molecule has 0 bridgehead atoms. The molecule has 2 N–H and O–H groups in total. The smallest absolute Gasteiger partial charge is 0.159 e. The van der Waals surface area contributed by atoms with Crippen molar-refractivity contribution in [1.82, 2.24) is 15.1 Å². The summed E-state index contributed by atoms with van der Waals surface area (Å²) in [5, 5.41) is 16.8. The van der Waals surface area contributed by atoms with Crippen LogP contribution in [0.1, 0.15) is 23.8 Å². The van der Waals surface area contributed by atoms with Gasteiger partial charge in [0.2, 0.25) is 0 Å². The Hall–Kier alpha value is -2.51. The fourth-order valence-corrected chi connectivity index (χ4v) is 3.32. The molecule has 1 aromatic carbocycles. The number of hydrogen-bond donors (Lipinski definition) is 2. The molecule has 0 radical (unpaired) electrons. The third kappa shape index (κ3) is 3.20. The first-order valence-corrected chi connectivity index (χ1v) is 8.05. The minimum atomic E-state index is -0.877. The van der Waals surface area contributed by atoms with Crippen molar-refractivity contribution in [3.8, 4) is 11.5 Å². The van der Waals surface area contributed by atoms with Gasteiger partial charge in [-0.15, -0.1) is 0 Å². The van der Waals surface area contributed by atoms with E-state index in [1.165, 1.54) is 6.07 Å². The summed E-state index contributed by atoms with van der Waals surface area (Å²) in [6.45, 7) is 0.915. The number of nitrogens with one attached hydrogen (secondary N) is 1. The van der Waals surface area contributed by atoms with Gasteiger partial charge in [-0.25, -0.2) is 8.78 Å². The van der Waals surface area contributed by atoms with Gasteiger partial charge in [-0.2, -0.15) is 5.10 Å². The first-order chi connectivity index (χ1) is 12.1. The normalized spacial score (nSPS) is 21.1. The second-order valence-electron chi connectivity index (χ2n) is 6.24. The molecule has 1 fully saturated rings. The molecule has 5 nitrogen and oxygen atoms in total. The number of rotatable bonds is 4. The van der Waals surface area contributed by atoms with E-state index in [9.17, 15) is 13.9 Å². The van der Waals surface area contributed by atoms with Crippen LogP contribution in [-0.4, -0.2) is 32.9 Å². The molecule has 25 heavy (non-hydrogen) atoms. The van der Waals surface area contributed by atoms with Crippen molar-refractivity contribution in [1.29, 1.82) is 0 Å². The maximum Gasteiger partial charge on any atom is 0.159 e. The monoisotopic (exact) mass is 345 g/mol. The highest BCUT2D eigenvalue weighted by Crippen LogP contribution is 2.34. The summed E-state index contributed by atoms with van der Waals surface area (Å²) in [6.07, 6.45) is 1.60. The van der Waals surface area contributed by atoms with E-state index >= 15 is 0 Å². The van der Waals surface area contributed by atoms with Crippen molar-refractivity contribution >= 4 is 0 Å². The quantitative estimate of drug-likeness (QED) is 0.762. The second-order valence-corrected chi connectivity index (χ2v) is 6.24. The number of hydrogen-bond acceptors (Lipinski definition) is 4. The van der Waals surface area contributed by atoms with Gasteiger partial charge in [-0.05, 0) is 42.3 Å². The van der Waals surface area contributed by atoms with Gasteiger partial charge in [0, 0.05) is 18.8 Å². The fraction of sp³-hybridized carbons (Fsp3) is 0.278. The Kier molecular flexibility index (Phi) is 4.10. The molecule has 1 saturated heterocycles. The Morgan fingerprint density at radius 2 is 2.08 bits per heavy atom. The number of β-amino-alcohol motifs (C(OH)–C–C–N with tert-alkyl or cyclic N) is 1. The van der Waals surface area contributed by atoms with Gasteiger partial charge in [-0.3, -0.25) is 10.00 Å². The van der Waals surface area contributed by atoms with Crippen LogP contribution >= 0.6 is 0 Å². The summed E-state index contributed by atoms with van der Waals surface area (Å²) < 4.78 is 32.6. The van der Waals surface area contributed by atoms with E-state index < -0.39 is 17.7 Å². The molecule has 0 amide bonds. The van der Waals surface area contributed by atoms with Crippen molar-refractivity contribution in [3.63, 3.8) is 0 Å². The summed E-state index contributed by atoms with van der Waals surface area (Å²) >= 11 is 0. The predicted octanol–water partition coefficient (Wildman–Crippen LogP) is 3.26. The summed E-state index contributed by atoms with van der Waals surface area (Å²) in [7, 11) is 0. The number of aromatic amines is 1. The van der Waals surface area contributed by atoms with Gasteiger partial charge >= 0.3 is 0 Å². The average molecular weight is 345 g/mol. The summed E-state index contributed by atoms with van der Waals surface area (Å²) in [4.78, 5) is 2.01. The number of benzene rings is 1. The van der Waals surface area contributed by atoms with E-state index in [1.807, 2.05) is 23.1 Å². The zero-order chi connectivity index (χ0) is 17.4. The van der Waals surface area contributed by atoms with Crippen LogP contribution in [0.25, 0.3) is 11.5 Å². The number of aliphatic hydroxyl groups excluding tert-OH is 1. The third-order valence-corrected chi connectivity index (χ3v) is 4.50. The number of likely N-dealkylation sites (tertiary alicyclic amines) is 1. The van der Waals surface area contributed by atoms with Crippen LogP contribution in [0.5, 0.6) is 0 Å². The Bertz CT molecular complexity index is 863. The first kappa shape index (κ1) is 16.0. The topological polar surface area (TPSA) is 65.3 Å². The lowest BCUT2D eigenvalue weighted by Crippen LogP contribution is -2.24. The predicted molar refractivity (Wildman–Crippen MR) is 86.4 cm³/mol. The zero-order valence-electron chi connectivity index (χ0n) is 13.3. The van der Waals surface area contributed by atoms with Gasteiger partial charge in [0.05, 0.1) is 12.6 Å². The van der Waals surface area contributed by atoms with E-state index in [1.54, 1.807) is 12.3 Å². The van der Waals surface area contributed by atoms with E-state index in [2.05, 4.69) is 10.2 Å². The molecular formula is C18H17F2N3O2. The first-order valence-electron chi connectivity index (χ1n) is 8.05. The Labute approximate surface area is 142 Å². The molecule has 4 rings (SSSR count). The standard InChI is InChI=1S/C18H17F2N3O2/c19-14-3-1-11(7-15(14)20)17-8-12(24)9-23(17)10-13-2-4-18(25-13)16-5-6-21-22-16/h1-7,12,17,24H,8-10H2,(H,21,22)/t12-,17+/m1/s1. The number of furan rings is 1. The minimum absolute atomic E-state index is 0.189. The molecule has 0 saturated carbocycles. The molecule has 0 aliphatic carbocycles. The second kappa shape index (κ2) is 6.42. The maximum absolute atomic E-state index is 13.6. The van der Waals surface area contributed by atoms with E-state index in [0.29, 0.717) is 30.8 Å². The van der Waals surface area contributed by atoms with Crippen molar-refractivity contribution in [3.05, 3.63) is 65.6 Å². The van der Waals surface area contributed by atoms with E-state index in [0.717, 1.165) is 17.5 Å². The largest absolute Gasteiger partial charge is 0.458 e. The lowest BCUT2D eigenvalue weighted by molar-refractivity contribution is 0.168. The summed E-state index contributed by atoms with van der Waals surface area (Å²) in [5.74, 6) is -0.342. The van der Waals surface area contributed by atoms with Crippen molar-refractivity contribution in [2.45, 2.75) is 25.1 Å². The molecule has 7 heteroatoms. The highest BCUT2D eigenvalue weighted by Gasteiger charge is 2.33. The summed E-state index contributed by atoms with van der Waals surface area (Å²) in [6, 6.07) is 9.22. The average Bonchev–Trinajstić information content (AvgIpc) is 3.31. The van der Waals surface area contributed by atoms with Crippen LogP contribution in [0.3, 0.4) is 0 Å². The molecule has 1 aliphatic rings. The number of nitrogens with zero attached hydrogens (tertiary/aromatic N) is 2. The van der Waals surface area contributed by atoms with E-state index in [-0.39, 0.29) is 6.04 Å². The number of H-pyrrole nitrogens is 1. The molecule has 3 aromatic rings. The lowest BCUT2D eigenvalue weighted by Gasteiger charge is -2.23. The van der Waals surface area contributed by atoms with E-state index in [4.69, 9.17) is 4.42 Å². The van der Waals surface area contributed by atoms with Crippen LogP contribution < -0.4 is 0 Å². The molecule has 2 aromatic heterocycles. The molecule has 130 valence electrons. The third-order valence-electron chi connectivity index (χ3n) is 4.50. The highest BCUT2D eigenvalue weighted by molar-refractivity contribution is 5.51. The molecule has 0 spiro atoms. The molecule has 1 aliphatic heterocycles. The van der Waals surface area contributed by atoms with Gasteiger partial charge < -0.3 is 9.52 Å². The van der Waals surface area contributed by atoms with Crippen molar-refractivity contribution < 1.29 is 18.3 Å². The minimum Gasteiger partial charge on any atom is -0.458 e. The Balaban J connectivity index is 1.55. The van der Waals surface area contributed by atoms with Crippen LogP contribution in [0.15, 0.2) is 47.0 Å². The molecule has 3 heterocycles. The Morgan fingerprint density at radius 1 is 1.20 bits per heavy atom. The molecule has 0 unspecified atom stereocenters. The summed E-state index contributed by atoms with van der Waals surface area (Å²) in [5.41, 5.74) is 1.43. The van der Waals surface area contributed by atoms with Crippen molar-refractivity contribution in [2.75, 3.05) is 6.54 Å². The van der Waals surface area contributed by atoms with Gasteiger partial charge in [0.15, 0.2) is 17.4 Å². The number of aliphatic hydroxyl groups is 1. The Morgan fingerprint density at radius 3 is 2.84 bits per heavy atom. The highest BCUT2D eigenvalue weighted by atomic mass is 19.2. The van der Waals surface area contributed by atoms with Gasteiger partial charge in [0.1, 0.15) is 11.5 Å². The zero-order valence-corrected chi connectivity index (χ0v) is 13.3. The van der Waals surface area contributed by atoms with Crippen molar-refractivity contribution in [2.24, 2.45) is 0 Å².